The van der Waals surface area contributed by atoms with Crippen molar-refractivity contribution >= 4 is 34.9 Å². The number of benzene rings is 1. The maximum Gasteiger partial charge on any atom is 0.407 e. The first-order chi connectivity index (χ1) is 16.5. The van der Waals surface area contributed by atoms with E-state index in [0.29, 0.717) is 55.2 Å². The van der Waals surface area contributed by atoms with Gasteiger partial charge in [-0.2, -0.15) is 5.10 Å². The van der Waals surface area contributed by atoms with Crippen LogP contribution in [0.1, 0.15) is 67.1 Å². The highest BCUT2D eigenvalue weighted by molar-refractivity contribution is 6.03. The number of hydrogen-bond acceptors (Lipinski definition) is 6. The normalized spacial score (nSPS) is 11.5. The smallest absolute Gasteiger partial charge is 0.407 e. The maximum absolute atomic E-state index is 13.0. The molecule has 0 aliphatic heterocycles. The second kappa shape index (κ2) is 10.6. The summed E-state index contributed by atoms with van der Waals surface area (Å²) in [6.07, 6.45) is 0.932. The van der Waals surface area contributed by atoms with Crippen LogP contribution >= 0.6 is 0 Å². The van der Waals surface area contributed by atoms with E-state index in [4.69, 9.17) is 10.5 Å². The number of aryl methyl sites for hydroxylation is 3. The molecule has 0 spiro atoms. The Kier molecular flexibility index (Phi) is 7.78. The van der Waals surface area contributed by atoms with Gasteiger partial charge in [-0.1, -0.05) is 0 Å². The Morgan fingerprint density at radius 2 is 1.89 bits per heavy atom. The fraction of sp³-hybridized carbons (Fsp3) is 0.458. The summed E-state index contributed by atoms with van der Waals surface area (Å²) in [6, 6.07) is 6.72. The third kappa shape index (κ3) is 6.58. The van der Waals surface area contributed by atoms with Gasteiger partial charge in [0.05, 0.1) is 16.7 Å². The molecule has 4 N–H and O–H groups in total. The minimum atomic E-state index is -0.553. The van der Waals surface area contributed by atoms with Crippen molar-refractivity contribution in [2.75, 3.05) is 11.9 Å². The summed E-state index contributed by atoms with van der Waals surface area (Å²) >= 11 is 0. The number of amides is 3. The molecule has 11 heteroatoms. The lowest BCUT2D eigenvalue weighted by molar-refractivity contribution is 0.0526. The van der Waals surface area contributed by atoms with E-state index in [1.165, 1.54) is 0 Å². The molecule has 35 heavy (non-hydrogen) atoms. The number of primary amides is 1. The first kappa shape index (κ1) is 25.7. The minimum Gasteiger partial charge on any atom is -0.444 e. The number of nitrogens with two attached hydrogens (primary N) is 1. The van der Waals surface area contributed by atoms with Gasteiger partial charge >= 0.3 is 6.09 Å². The number of nitrogens with zero attached hydrogens (tertiary/aromatic N) is 4. The van der Waals surface area contributed by atoms with E-state index < -0.39 is 17.6 Å². The topological polar surface area (TPSA) is 146 Å². The van der Waals surface area contributed by atoms with Crippen LogP contribution in [-0.2, 0) is 17.8 Å². The van der Waals surface area contributed by atoms with Crippen molar-refractivity contribution in [3.63, 3.8) is 0 Å². The monoisotopic (exact) mass is 483 g/mol. The Hall–Kier alpha value is -3.89. The van der Waals surface area contributed by atoms with Crippen LogP contribution in [0.25, 0.3) is 11.0 Å². The van der Waals surface area contributed by atoms with E-state index in [2.05, 4.69) is 20.7 Å². The van der Waals surface area contributed by atoms with E-state index in [1.54, 1.807) is 28.9 Å². The molecule has 11 nitrogen and oxygen atoms in total. The summed E-state index contributed by atoms with van der Waals surface area (Å²) in [5.74, 6) is -0.526. The standard InChI is InChI=1S/C24H33N7O4/c1-6-31-19(13-15(2)29-31)21(33)28-22-27-17-14-16(20(25)32)9-10-18(17)30(22)12-8-7-11-26-23(34)35-24(3,4)5/h9-10,13-14H,6-8,11-12H2,1-5H3,(H2,25,32)(H,26,34)(H,27,28,33). The SMILES string of the molecule is CCn1nc(C)cc1C(=O)Nc1nc2cc(C(N)=O)ccc2n1CCCCNC(=O)OC(C)(C)C. The van der Waals surface area contributed by atoms with Gasteiger partial charge in [-0.25, -0.2) is 9.78 Å². The van der Waals surface area contributed by atoms with E-state index in [1.807, 2.05) is 39.2 Å². The fourth-order valence-electron chi connectivity index (χ4n) is 3.64. The predicted octanol–water partition coefficient (Wildman–Crippen LogP) is 3.22. The van der Waals surface area contributed by atoms with Crippen molar-refractivity contribution in [3.8, 4) is 0 Å². The highest BCUT2D eigenvalue weighted by Gasteiger charge is 2.19. The van der Waals surface area contributed by atoms with Gasteiger partial charge in [0.15, 0.2) is 0 Å². The molecule has 0 fully saturated rings. The lowest BCUT2D eigenvalue weighted by Gasteiger charge is -2.19. The van der Waals surface area contributed by atoms with Gasteiger partial charge < -0.3 is 20.4 Å². The molecule has 2 aromatic heterocycles. The summed E-state index contributed by atoms with van der Waals surface area (Å²) in [5.41, 5.74) is 7.68. The first-order valence-corrected chi connectivity index (χ1v) is 11.6. The molecule has 3 amide bonds. The van der Waals surface area contributed by atoms with Gasteiger partial charge in [0.1, 0.15) is 11.3 Å². The third-order valence-corrected chi connectivity index (χ3v) is 5.17. The maximum atomic E-state index is 13.0. The highest BCUT2D eigenvalue weighted by Crippen LogP contribution is 2.23. The average Bonchev–Trinajstić information content (AvgIpc) is 3.31. The molecular formula is C24H33N7O4. The number of aromatic nitrogens is 4. The molecule has 0 atom stereocenters. The number of ether oxygens (including phenoxy) is 1. The molecule has 0 aliphatic carbocycles. The number of anilines is 1. The molecule has 3 rings (SSSR count). The Bertz CT molecular complexity index is 1240. The van der Waals surface area contributed by atoms with E-state index >= 15 is 0 Å². The van der Waals surface area contributed by atoms with Crippen molar-refractivity contribution in [1.29, 1.82) is 0 Å². The van der Waals surface area contributed by atoms with Crippen molar-refractivity contribution in [3.05, 3.63) is 41.2 Å². The van der Waals surface area contributed by atoms with Gasteiger partial charge in [-0.15, -0.1) is 0 Å². The van der Waals surface area contributed by atoms with Gasteiger partial charge in [0.2, 0.25) is 11.9 Å². The number of rotatable bonds is 9. The van der Waals surface area contributed by atoms with Crippen LogP contribution in [0.5, 0.6) is 0 Å². The summed E-state index contributed by atoms with van der Waals surface area (Å²) < 4.78 is 8.76. The van der Waals surface area contributed by atoms with Crippen molar-refractivity contribution in [1.82, 2.24) is 24.6 Å². The number of alkyl carbamates (subject to hydrolysis) is 1. The van der Waals surface area contributed by atoms with Crippen LogP contribution in [-0.4, -0.2) is 49.4 Å². The van der Waals surface area contributed by atoms with Gasteiger partial charge in [0, 0.05) is 25.2 Å². The van der Waals surface area contributed by atoms with Crippen LogP contribution in [0.4, 0.5) is 10.7 Å². The summed E-state index contributed by atoms with van der Waals surface area (Å²) in [6.45, 7) is 10.7. The summed E-state index contributed by atoms with van der Waals surface area (Å²) in [5, 5.41) is 9.95. The molecule has 188 valence electrons. The molecule has 2 heterocycles. The molecular weight excluding hydrogens is 450 g/mol. The van der Waals surface area contributed by atoms with Crippen LogP contribution in [0.15, 0.2) is 24.3 Å². The largest absolute Gasteiger partial charge is 0.444 e. The zero-order valence-corrected chi connectivity index (χ0v) is 20.8. The second-order valence-corrected chi connectivity index (χ2v) is 9.23. The summed E-state index contributed by atoms with van der Waals surface area (Å²) in [7, 11) is 0. The lowest BCUT2D eigenvalue weighted by Crippen LogP contribution is -2.33. The second-order valence-electron chi connectivity index (χ2n) is 9.23. The Morgan fingerprint density at radius 3 is 2.54 bits per heavy atom. The molecule has 0 radical (unpaired) electrons. The van der Waals surface area contributed by atoms with Crippen LogP contribution in [0.2, 0.25) is 0 Å². The number of hydrogen-bond donors (Lipinski definition) is 3. The quantitative estimate of drug-likeness (QED) is 0.398. The first-order valence-electron chi connectivity index (χ1n) is 11.6. The zero-order valence-electron chi connectivity index (χ0n) is 20.8. The van der Waals surface area contributed by atoms with Crippen LogP contribution < -0.4 is 16.4 Å². The Labute approximate surface area is 204 Å². The van der Waals surface area contributed by atoms with E-state index in [0.717, 1.165) is 11.2 Å². The molecule has 0 bridgehead atoms. The molecule has 0 saturated heterocycles. The van der Waals surface area contributed by atoms with Crippen molar-refractivity contribution in [2.45, 2.75) is 66.2 Å². The van der Waals surface area contributed by atoms with Crippen LogP contribution in [0, 0.1) is 6.92 Å². The molecule has 0 aliphatic rings. The lowest BCUT2D eigenvalue weighted by atomic mass is 10.2. The highest BCUT2D eigenvalue weighted by atomic mass is 16.6. The molecule has 0 saturated carbocycles. The molecule has 0 unspecified atom stereocenters. The number of fused-ring (bicyclic) bond motifs is 1. The predicted molar refractivity (Wildman–Crippen MR) is 132 cm³/mol. The number of carbonyl (C=O) groups excluding carboxylic acids is 3. The van der Waals surface area contributed by atoms with Crippen LogP contribution in [0.3, 0.4) is 0 Å². The fourth-order valence-corrected chi connectivity index (χ4v) is 3.64. The Balaban J connectivity index is 1.77. The van der Waals surface area contributed by atoms with Crippen molar-refractivity contribution in [2.24, 2.45) is 5.73 Å². The Morgan fingerprint density at radius 1 is 1.14 bits per heavy atom. The minimum absolute atomic E-state index is 0.328. The number of imidazole rings is 1. The molecule has 1 aromatic carbocycles. The number of unbranched alkanes of at least 4 members (excludes halogenated alkanes) is 1. The van der Waals surface area contributed by atoms with E-state index in [9.17, 15) is 14.4 Å². The zero-order chi connectivity index (χ0) is 25.8. The molecule has 3 aromatic rings. The van der Waals surface area contributed by atoms with Gasteiger partial charge in [-0.3, -0.25) is 19.6 Å². The number of nitrogens with one attached hydrogen (secondary N) is 2. The average molecular weight is 484 g/mol. The number of carbonyl (C=O) groups is 3. The summed E-state index contributed by atoms with van der Waals surface area (Å²) in [4.78, 5) is 41.0. The third-order valence-electron chi connectivity index (χ3n) is 5.17. The van der Waals surface area contributed by atoms with Gasteiger partial charge in [0.25, 0.3) is 5.91 Å². The van der Waals surface area contributed by atoms with Gasteiger partial charge in [-0.05, 0) is 71.7 Å². The van der Waals surface area contributed by atoms with Crippen molar-refractivity contribution < 1.29 is 19.1 Å². The van der Waals surface area contributed by atoms with E-state index in [-0.39, 0.29) is 5.91 Å².